The number of hydroxylamine groups is 2. The topological polar surface area (TPSA) is 65.1 Å². The van der Waals surface area contributed by atoms with E-state index in [2.05, 4.69) is 0 Å². The summed E-state index contributed by atoms with van der Waals surface area (Å²) in [7, 11) is 1.61. The number of hydrogen-bond donors (Lipinski definition) is 0. The molecular weight excluding hydrogens is 385 g/mol. The quantitative estimate of drug-likeness (QED) is 0.572. The Hall–Kier alpha value is -2.58. The summed E-state index contributed by atoms with van der Waals surface area (Å²) in [5.41, 5.74) is 0.848. The van der Waals surface area contributed by atoms with Crippen LogP contribution in [-0.2, 0) is 19.2 Å². The van der Waals surface area contributed by atoms with Crippen LogP contribution < -0.4 is 4.74 Å². The minimum atomic E-state index is -1.00. The number of ether oxygens (including phenoxy) is 2. The van der Waals surface area contributed by atoms with Gasteiger partial charge < -0.3 is 14.3 Å². The van der Waals surface area contributed by atoms with Crippen molar-refractivity contribution in [2.45, 2.75) is 34.8 Å². The van der Waals surface area contributed by atoms with Gasteiger partial charge in [-0.1, -0.05) is 22.9 Å². The van der Waals surface area contributed by atoms with Crippen LogP contribution in [0.2, 0.25) is 0 Å². The normalized spacial score (nSPS) is 22.2. The summed E-state index contributed by atoms with van der Waals surface area (Å²) in [5.74, 6) is -1.60. The van der Waals surface area contributed by atoms with Crippen LogP contribution in [0.25, 0.3) is 0 Å². The van der Waals surface area contributed by atoms with Gasteiger partial charge in [-0.2, -0.15) is 0 Å². The van der Waals surface area contributed by atoms with Crippen LogP contribution in [-0.4, -0.2) is 36.9 Å². The predicted octanol–water partition coefficient (Wildman–Crippen LogP) is 3.51. The Balaban J connectivity index is 1.58. The number of piperidine rings is 1. The largest absolute Gasteiger partial charge is 0.497 e. The molecule has 28 heavy (non-hydrogen) atoms. The molecule has 2 saturated heterocycles. The first-order valence-corrected chi connectivity index (χ1v) is 9.66. The van der Waals surface area contributed by atoms with Crippen molar-refractivity contribution in [3.63, 3.8) is 0 Å². The minimum absolute atomic E-state index is 0.0327. The SMILES string of the molecule is COc1cccc(Sc2ccc(F)cc2C2CCN3OC(=O)C(=O)OC3C2)c1. The number of fused-ring (bicyclic) bond motifs is 1. The van der Waals surface area contributed by atoms with Gasteiger partial charge in [0.15, 0.2) is 6.23 Å². The number of hydrogen-bond acceptors (Lipinski definition) is 7. The molecule has 2 fully saturated rings. The molecule has 0 spiro atoms. The lowest BCUT2D eigenvalue weighted by molar-refractivity contribution is -0.275. The standard InChI is InChI=1S/C20H18FNO5S/c1-25-14-3-2-4-15(11-14)28-17-6-5-13(21)10-16(17)12-7-8-22-18(9-12)26-19(23)20(24)27-22/h2-6,10-12,18H,7-9H2,1H3. The summed E-state index contributed by atoms with van der Waals surface area (Å²) in [4.78, 5) is 29.8. The van der Waals surface area contributed by atoms with Gasteiger partial charge in [0.1, 0.15) is 11.6 Å². The van der Waals surface area contributed by atoms with Gasteiger partial charge in [0.2, 0.25) is 0 Å². The maximum absolute atomic E-state index is 14.0. The van der Waals surface area contributed by atoms with Crippen LogP contribution in [0.1, 0.15) is 24.3 Å². The highest BCUT2D eigenvalue weighted by atomic mass is 32.2. The number of methoxy groups -OCH3 is 1. The number of carbonyl (C=O) groups excluding carboxylic acids is 2. The molecule has 2 aromatic rings. The van der Waals surface area contributed by atoms with Gasteiger partial charge in [0.05, 0.1) is 7.11 Å². The van der Waals surface area contributed by atoms with Crippen molar-refractivity contribution in [3.05, 3.63) is 53.8 Å². The van der Waals surface area contributed by atoms with Crippen LogP contribution in [0, 0.1) is 5.82 Å². The second-order valence-electron chi connectivity index (χ2n) is 6.56. The molecule has 146 valence electrons. The van der Waals surface area contributed by atoms with Crippen LogP contribution in [0.5, 0.6) is 5.75 Å². The Morgan fingerprint density at radius 2 is 2.04 bits per heavy atom. The molecule has 0 saturated carbocycles. The molecule has 2 atom stereocenters. The van der Waals surface area contributed by atoms with Gasteiger partial charge in [0.25, 0.3) is 0 Å². The molecule has 0 radical (unpaired) electrons. The summed E-state index contributed by atoms with van der Waals surface area (Å²) in [5, 5.41) is 1.38. The van der Waals surface area contributed by atoms with Crippen molar-refractivity contribution in [1.82, 2.24) is 5.06 Å². The van der Waals surface area contributed by atoms with Gasteiger partial charge in [-0.05, 0) is 54.3 Å². The van der Waals surface area contributed by atoms with E-state index in [4.69, 9.17) is 14.3 Å². The Bertz CT molecular complexity index is 921. The van der Waals surface area contributed by atoms with Crippen molar-refractivity contribution < 1.29 is 28.3 Å². The molecule has 0 N–H and O–H groups in total. The van der Waals surface area contributed by atoms with E-state index in [1.54, 1.807) is 13.2 Å². The Labute approximate surface area is 165 Å². The van der Waals surface area contributed by atoms with Crippen LogP contribution >= 0.6 is 11.8 Å². The number of esters is 1. The fourth-order valence-corrected chi connectivity index (χ4v) is 4.49. The highest BCUT2D eigenvalue weighted by molar-refractivity contribution is 7.99. The predicted molar refractivity (Wildman–Crippen MR) is 98.2 cm³/mol. The van der Waals surface area contributed by atoms with Crippen molar-refractivity contribution >= 4 is 23.7 Å². The van der Waals surface area contributed by atoms with E-state index in [9.17, 15) is 14.0 Å². The fourth-order valence-electron chi connectivity index (χ4n) is 3.44. The zero-order valence-corrected chi connectivity index (χ0v) is 15.9. The minimum Gasteiger partial charge on any atom is -0.497 e. The van der Waals surface area contributed by atoms with Crippen LogP contribution in [0.3, 0.4) is 0 Å². The lowest BCUT2D eigenvalue weighted by Gasteiger charge is -2.39. The molecule has 4 rings (SSSR count). The van der Waals surface area contributed by atoms with Crippen molar-refractivity contribution in [3.8, 4) is 5.75 Å². The van der Waals surface area contributed by atoms with Gasteiger partial charge in [-0.3, -0.25) is 0 Å². The lowest BCUT2D eigenvalue weighted by Crippen LogP contribution is -2.51. The number of halogens is 1. The van der Waals surface area contributed by atoms with Crippen molar-refractivity contribution in [2.75, 3.05) is 13.7 Å². The lowest BCUT2D eigenvalue weighted by atomic mass is 9.89. The smallest absolute Gasteiger partial charge is 0.436 e. The second kappa shape index (κ2) is 7.81. The van der Waals surface area contributed by atoms with E-state index in [0.717, 1.165) is 21.1 Å². The van der Waals surface area contributed by atoms with E-state index < -0.39 is 18.2 Å². The van der Waals surface area contributed by atoms with Gasteiger partial charge in [-0.15, -0.1) is 0 Å². The molecule has 0 bridgehead atoms. The molecule has 0 aliphatic carbocycles. The zero-order valence-electron chi connectivity index (χ0n) is 15.1. The summed E-state index contributed by atoms with van der Waals surface area (Å²) in [6, 6.07) is 12.4. The zero-order chi connectivity index (χ0) is 19.7. The number of benzene rings is 2. The first kappa shape index (κ1) is 18.8. The first-order valence-electron chi connectivity index (χ1n) is 8.84. The first-order chi connectivity index (χ1) is 13.5. The Kier molecular flexibility index (Phi) is 5.23. The summed E-state index contributed by atoms with van der Waals surface area (Å²) < 4.78 is 24.4. The second-order valence-corrected chi connectivity index (χ2v) is 7.68. The molecule has 8 heteroatoms. The fraction of sp³-hybridized carbons (Fsp3) is 0.300. The molecule has 2 aliphatic heterocycles. The third-order valence-electron chi connectivity index (χ3n) is 4.80. The number of rotatable bonds is 4. The van der Waals surface area contributed by atoms with E-state index in [0.29, 0.717) is 19.4 Å². The van der Waals surface area contributed by atoms with Gasteiger partial charge in [-0.25, -0.2) is 14.0 Å². The van der Waals surface area contributed by atoms with Crippen LogP contribution in [0.15, 0.2) is 52.3 Å². The monoisotopic (exact) mass is 403 g/mol. The summed E-state index contributed by atoms with van der Waals surface area (Å²) >= 11 is 1.52. The van der Waals surface area contributed by atoms with Gasteiger partial charge in [0, 0.05) is 22.8 Å². The molecule has 2 unspecified atom stereocenters. The van der Waals surface area contributed by atoms with Crippen LogP contribution in [0.4, 0.5) is 4.39 Å². The van der Waals surface area contributed by atoms with E-state index in [1.165, 1.54) is 29.0 Å². The Morgan fingerprint density at radius 1 is 1.18 bits per heavy atom. The number of nitrogens with zero attached hydrogens (tertiary/aromatic N) is 1. The molecule has 2 heterocycles. The number of carbonyl (C=O) groups is 2. The van der Waals surface area contributed by atoms with E-state index >= 15 is 0 Å². The summed E-state index contributed by atoms with van der Waals surface area (Å²) in [6.45, 7) is 0.411. The Morgan fingerprint density at radius 3 is 2.86 bits per heavy atom. The highest BCUT2D eigenvalue weighted by Gasteiger charge is 2.41. The average molecular weight is 403 g/mol. The molecule has 0 aromatic heterocycles. The van der Waals surface area contributed by atoms with E-state index in [-0.39, 0.29) is 11.7 Å². The van der Waals surface area contributed by atoms with Crippen molar-refractivity contribution in [2.24, 2.45) is 0 Å². The molecule has 2 aliphatic rings. The third kappa shape index (κ3) is 3.83. The molecule has 0 amide bonds. The average Bonchev–Trinajstić information content (AvgIpc) is 2.70. The van der Waals surface area contributed by atoms with E-state index in [1.807, 2.05) is 24.3 Å². The van der Waals surface area contributed by atoms with Gasteiger partial charge >= 0.3 is 11.9 Å². The molecular formula is C20H18FNO5S. The maximum Gasteiger partial charge on any atom is 0.436 e. The maximum atomic E-state index is 14.0. The third-order valence-corrected chi connectivity index (χ3v) is 5.88. The summed E-state index contributed by atoms with van der Waals surface area (Å²) in [6.07, 6.45) is 0.423. The molecule has 2 aromatic carbocycles. The molecule has 6 nitrogen and oxygen atoms in total. The van der Waals surface area contributed by atoms with Crippen molar-refractivity contribution in [1.29, 1.82) is 0 Å². The highest BCUT2D eigenvalue weighted by Crippen LogP contribution is 2.41.